The number of aromatic nitrogens is 1. The lowest BCUT2D eigenvalue weighted by Gasteiger charge is -2.08. The molecule has 0 spiro atoms. The second-order valence-corrected chi connectivity index (χ2v) is 8.51. The minimum absolute atomic E-state index is 0.0377. The van der Waals surface area contributed by atoms with Crippen LogP contribution in [0.4, 0.5) is 32.0 Å². The maximum absolute atomic E-state index is 12.2. The number of rotatable bonds is 7. The van der Waals surface area contributed by atoms with Gasteiger partial charge in [0.15, 0.2) is 0 Å². The van der Waals surface area contributed by atoms with Gasteiger partial charge in [0.1, 0.15) is 11.4 Å². The molecule has 7 nitrogen and oxygen atoms in total. The van der Waals surface area contributed by atoms with Crippen molar-refractivity contribution in [3.05, 3.63) is 33.8 Å². The van der Waals surface area contributed by atoms with E-state index in [4.69, 9.17) is 11.6 Å². The van der Waals surface area contributed by atoms with E-state index in [0.717, 1.165) is 10.6 Å². The van der Waals surface area contributed by atoms with E-state index in [1.165, 1.54) is 36.5 Å². The van der Waals surface area contributed by atoms with Crippen LogP contribution in [-0.4, -0.2) is 47.4 Å². The average Bonchev–Trinajstić information content (AvgIpc) is 3.06. The maximum atomic E-state index is 12.2. The molecule has 1 N–H and O–H groups in total. The smallest absolute Gasteiger partial charge is 0.450 e. The normalized spacial score (nSPS) is 11.3. The summed E-state index contributed by atoms with van der Waals surface area (Å²) in [5, 5.41) is 3.30. The van der Waals surface area contributed by atoms with E-state index in [0.29, 0.717) is 15.6 Å². The minimum atomic E-state index is -5.03. The van der Waals surface area contributed by atoms with Crippen molar-refractivity contribution in [1.29, 1.82) is 0 Å². The molecule has 0 saturated heterocycles. The van der Waals surface area contributed by atoms with Crippen LogP contribution < -0.4 is 5.32 Å². The molecule has 1 heterocycles. The first-order valence-corrected chi connectivity index (χ1v) is 11.0. The molecule has 2 rings (SSSR count). The Balaban J connectivity index is 0.000000457. The molecule has 0 saturated carbocycles. The quantitative estimate of drug-likeness (QED) is 0.268. The molecule has 1 aromatic carbocycles. The molecule has 1 aromatic heterocycles. The highest BCUT2D eigenvalue weighted by Gasteiger charge is 2.40. The van der Waals surface area contributed by atoms with Gasteiger partial charge in [0, 0.05) is 16.1 Å². The molecule has 0 aliphatic carbocycles. The number of amides is 1. The number of ketones is 2. The summed E-state index contributed by atoms with van der Waals surface area (Å²) in [6.45, 7) is 5.15. The lowest BCUT2D eigenvalue weighted by atomic mass is 10.2. The van der Waals surface area contributed by atoms with E-state index in [2.05, 4.69) is 15.0 Å². The first-order valence-electron chi connectivity index (χ1n) is 9.85. The number of hydrogen-bond acceptors (Lipinski definition) is 7. The zero-order chi connectivity index (χ0) is 27.8. The summed E-state index contributed by atoms with van der Waals surface area (Å²) in [7, 11) is 0. The number of aryl methyl sites for hydroxylation is 2. The summed E-state index contributed by atoms with van der Waals surface area (Å²) in [5.41, 5.74) is 1.63. The van der Waals surface area contributed by atoms with Gasteiger partial charge in [-0.2, -0.15) is 26.3 Å². The Labute approximate surface area is 209 Å². The number of anilines is 1. The third kappa shape index (κ3) is 9.93. The average molecular weight is 561 g/mol. The lowest BCUT2D eigenvalue weighted by molar-refractivity contribution is -0.174. The monoisotopic (exact) mass is 560 g/mol. The number of carbonyl (C=O) groups is 4. The third-order valence-electron chi connectivity index (χ3n) is 4.07. The molecule has 0 bridgehead atoms. The number of ether oxygens (including phenoxy) is 1. The Bertz CT molecular complexity index is 1110. The van der Waals surface area contributed by atoms with Crippen LogP contribution in [0.15, 0.2) is 18.2 Å². The number of nitrogens with one attached hydrogen (secondary N) is 1. The van der Waals surface area contributed by atoms with Gasteiger partial charge in [0.25, 0.3) is 0 Å². The maximum Gasteiger partial charge on any atom is 0.450 e. The molecule has 0 aliphatic rings. The van der Waals surface area contributed by atoms with Crippen molar-refractivity contribution in [3.8, 4) is 10.6 Å². The van der Waals surface area contributed by atoms with Crippen molar-refractivity contribution in [2.24, 2.45) is 0 Å². The van der Waals surface area contributed by atoms with Gasteiger partial charge < -0.3 is 10.1 Å². The Hall–Kier alpha value is -3.00. The molecule has 198 valence electrons. The van der Waals surface area contributed by atoms with E-state index in [1.54, 1.807) is 0 Å². The number of hydrogen-bond donors (Lipinski definition) is 1. The van der Waals surface area contributed by atoms with E-state index >= 15 is 0 Å². The number of Topliss-reactive ketones (excluding diaryl/α,β-unsaturated/α-hetero) is 2. The minimum Gasteiger partial charge on any atom is -0.466 e. The summed E-state index contributed by atoms with van der Waals surface area (Å²) < 4.78 is 75.1. The summed E-state index contributed by atoms with van der Waals surface area (Å²) in [6.07, 6.45) is -12.5. The summed E-state index contributed by atoms with van der Waals surface area (Å²) in [5.74, 6) is -6.38. The molecule has 0 fully saturated rings. The van der Waals surface area contributed by atoms with Crippen LogP contribution >= 0.6 is 22.9 Å². The number of nitrogens with zero attached hydrogens (tertiary/aromatic N) is 1. The number of thiazole rings is 1. The Morgan fingerprint density at radius 3 is 2.03 bits per heavy atom. The predicted molar refractivity (Wildman–Crippen MR) is 119 cm³/mol. The first-order chi connectivity index (χ1) is 16.4. The van der Waals surface area contributed by atoms with Crippen molar-refractivity contribution < 1.29 is 50.3 Å². The molecular weight excluding hydrogens is 542 g/mol. The highest BCUT2D eigenvalue weighted by atomic mass is 35.5. The number of benzene rings is 1. The van der Waals surface area contributed by atoms with Crippen LogP contribution in [0.1, 0.15) is 30.3 Å². The molecule has 15 heteroatoms. The fourth-order valence-corrected chi connectivity index (χ4v) is 3.46. The summed E-state index contributed by atoms with van der Waals surface area (Å²) in [4.78, 5) is 48.3. The molecule has 0 atom stereocenters. The lowest BCUT2D eigenvalue weighted by Crippen LogP contribution is -2.27. The zero-order valence-electron chi connectivity index (χ0n) is 18.9. The SMILES string of the molecule is CCOC(=O)CC(=O)C(F)(F)F.Cc1nc(-c2cc(NC(=O)CC(=O)C(F)(F)F)ccc2Cl)sc1C. The van der Waals surface area contributed by atoms with Crippen LogP contribution in [-0.2, 0) is 23.9 Å². The Morgan fingerprint density at radius 1 is 1.00 bits per heavy atom. The van der Waals surface area contributed by atoms with E-state index in [9.17, 15) is 45.5 Å². The van der Waals surface area contributed by atoms with Gasteiger partial charge >= 0.3 is 18.3 Å². The van der Waals surface area contributed by atoms with Crippen LogP contribution in [0.2, 0.25) is 5.02 Å². The zero-order valence-corrected chi connectivity index (χ0v) is 20.5. The van der Waals surface area contributed by atoms with E-state index in [-0.39, 0.29) is 12.3 Å². The highest BCUT2D eigenvalue weighted by molar-refractivity contribution is 7.15. The van der Waals surface area contributed by atoms with Crippen LogP contribution in [0, 0.1) is 13.8 Å². The van der Waals surface area contributed by atoms with E-state index < -0.39 is 48.6 Å². The number of carbonyl (C=O) groups excluding carboxylic acids is 4. The molecule has 0 radical (unpaired) electrons. The fraction of sp³-hybridized carbons (Fsp3) is 0.381. The number of esters is 1. The van der Waals surface area contributed by atoms with Gasteiger partial charge in [-0.15, -0.1) is 11.3 Å². The van der Waals surface area contributed by atoms with Gasteiger partial charge in [-0.05, 0) is 39.0 Å². The van der Waals surface area contributed by atoms with Crippen molar-refractivity contribution in [2.75, 3.05) is 11.9 Å². The highest BCUT2D eigenvalue weighted by Crippen LogP contribution is 2.34. The molecule has 1 amide bonds. The van der Waals surface area contributed by atoms with Crippen molar-refractivity contribution in [3.63, 3.8) is 0 Å². The van der Waals surface area contributed by atoms with Crippen molar-refractivity contribution in [2.45, 2.75) is 46.0 Å². The molecule has 0 aliphatic heterocycles. The Kier molecular flexibility index (Phi) is 11.0. The third-order valence-corrected chi connectivity index (χ3v) is 5.51. The standard InChI is InChI=1S/C15H12ClF3N2O2S.C6H7F3O3/c1-7-8(2)24-14(20-7)10-5-9(3-4-11(10)16)21-13(23)6-12(22)15(17,18)19;1-2-12-5(11)3-4(10)6(7,8)9/h3-5H,6H2,1-2H3,(H,21,23);2-3H2,1H3. The van der Waals surface area contributed by atoms with Crippen LogP contribution in [0.3, 0.4) is 0 Å². The second-order valence-electron chi connectivity index (χ2n) is 6.90. The van der Waals surface area contributed by atoms with Gasteiger partial charge in [0.05, 0.1) is 23.7 Å². The summed E-state index contributed by atoms with van der Waals surface area (Å²) in [6, 6.07) is 4.45. The summed E-state index contributed by atoms with van der Waals surface area (Å²) >= 11 is 7.54. The Morgan fingerprint density at radius 2 is 1.56 bits per heavy atom. The molecule has 2 aromatic rings. The molecular formula is C21H19ClF6N2O5S. The van der Waals surface area contributed by atoms with Gasteiger partial charge in [-0.3, -0.25) is 19.2 Å². The first kappa shape index (κ1) is 31.0. The number of halogens is 7. The van der Waals surface area contributed by atoms with Crippen LogP contribution in [0.25, 0.3) is 10.6 Å². The van der Waals surface area contributed by atoms with Crippen molar-refractivity contribution in [1.82, 2.24) is 4.98 Å². The van der Waals surface area contributed by atoms with Gasteiger partial charge in [-0.25, -0.2) is 4.98 Å². The molecule has 0 unspecified atom stereocenters. The predicted octanol–water partition coefficient (Wildman–Crippen LogP) is 5.61. The second kappa shape index (κ2) is 12.8. The molecule has 36 heavy (non-hydrogen) atoms. The topological polar surface area (TPSA) is 102 Å². The van der Waals surface area contributed by atoms with Crippen molar-refractivity contribution >= 4 is 52.1 Å². The van der Waals surface area contributed by atoms with Gasteiger partial charge in [0.2, 0.25) is 17.5 Å². The number of alkyl halides is 6. The largest absolute Gasteiger partial charge is 0.466 e. The van der Waals surface area contributed by atoms with Gasteiger partial charge in [-0.1, -0.05) is 11.6 Å². The fourth-order valence-electron chi connectivity index (χ4n) is 2.25. The van der Waals surface area contributed by atoms with E-state index in [1.807, 2.05) is 13.8 Å². The van der Waals surface area contributed by atoms with Crippen LogP contribution in [0.5, 0.6) is 0 Å².